The number of carbonyl (C=O) groups excluding carboxylic acids is 1. The SMILES string of the molecule is C=CCN(Cc1cccs1)C(=O)c1ccc(OC)c(S(=O)(=O)NCc2ccc(Cl)cc2)c1. The molecule has 3 rings (SSSR count). The van der Waals surface area contributed by atoms with Crippen molar-refractivity contribution in [1.29, 1.82) is 0 Å². The minimum Gasteiger partial charge on any atom is -0.495 e. The van der Waals surface area contributed by atoms with Crippen LogP contribution >= 0.6 is 22.9 Å². The summed E-state index contributed by atoms with van der Waals surface area (Å²) in [7, 11) is -2.57. The first kappa shape index (κ1) is 24.0. The van der Waals surface area contributed by atoms with E-state index >= 15 is 0 Å². The minimum atomic E-state index is -3.95. The molecule has 3 aromatic rings. The number of nitrogens with zero attached hydrogens (tertiary/aromatic N) is 1. The molecule has 168 valence electrons. The topological polar surface area (TPSA) is 75.7 Å². The van der Waals surface area contributed by atoms with Gasteiger partial charge in [0.1, 0.15) is 10.6 Å². The molecule has 1 N–H and O–H groups in total. The van der Waals surface area contributed by atoms with E-state index in [0.29, 0.717) is 18.1 Å². The summed E-state index contributed by atoms with van der Waals surface area (Å²) < 4.78 is 33.8. The number of thiophene rings is 1. The molecule has 0 aliphatic heterocycles. The van der Waals surface area contributed by atoms with Crippen molar-refractivity contribution in [3.8, 4) is 5.75 Å². The Kier molecular flexibility index (Phi) is 8.09. The quantitative estimate of drug-likeness (QED) is 0.417. The zero-order valence-corrected chi connectivity index (χ0v) is 19.8. The average Bonchev–Trinajstić information content (AvgIpc) is 3.31. The van der Waals surface area contributed by atoms with Crippen molar-refractivity contribution in [1.82, 2.24) is 9.62 Å². The van der Waals surface area contributed by atoms with Gasteiger partial charge >= 0.3 is 0 Å². The third-order valence-corrected chi connectivity index (χ3v) is 7.18. The van der Waals surface area contributed by atoms with Crippen molar-refractivity contribution in [3.05, 3.63) is 93.7 Å². The van der Waals surface area contributed by atoms with Crippen LogP contribution in [0.4, 0.5) is 0 Å². The predicted molar refractivity (Wildman–Crippen MR) is 128 cm³/mol. The van der Waals surface area contributed by atoms with Crippen molar-refractivity contribution in [2.24, 2.45) is 0 Å². The summed E-state index contributed by atoms with van der Waals surface area (Å²) in [6.45, 7) is 4.54. The van der Waals surface area contributed by atoms with Gasteiger partial charge in [0.25, 0.3) is 5.91 Å². The number of sulfonamides is 1. The number of halogens is 1. The highest BCUT2D eigenvalue weighted by atomic mass is 35.5. The van der Waals surface area contributed by atoms with Gasteiger partial charge in [-0.1, -0.05) is 35.9 Å². The number of nitrogens with one attached hydrogen (secondary N) is 1. The van der Waals surface area contributed by atoms with E-state index in [1.807, 2.05) is 17.5 Å². The van der Waals surface area contributed by atoms with Gasteiger partial charge in [0, 0.05) is 28.6 Å². The van der Waals surface area contributed by atoms with E-state index in [0.717, 1.165) is 10.4 Å². The highest BCUT2D eigenvalue weighted by molar-refractivity contribution is 7.89. The van der Waals surface area contributed by atoms with E-state index in [-0.39, 0.29) is 28.7 Å². The second kappa shape index (κ2) is 10.8. The van der Waals surface area contributed by atoms with Crippen LogP contribution in [0.2, 0.25) is 5.02 Å². The number of benzene rings is 2. The fourth-order valence-corrected chi connectivity index (χ4v) is 5.08. The van der Waals surface area contributed by atoms with Crippen LogP contribution in [0.15, 0.2) is 77.5 Å². The summed E-state index contributed by atoms with van der Waals surface area (Å²) in [5, 5.41) is 2.51. The zero-order valence-electron chi connectivity index (χ0n) is 17.5. The van der Waals surface area contributed by atoms with Gasteiger partial charge < -0.3 is 9.64 Å². The normalized spacial score (nSPS) is 11.2. The number of rotatable bonds is 10. The van der Waals surface area contributed by atoms with Crippen LogP contribution < -0.4 is 9.46 Å². The molecule has 1 aromatic heterocycles. The summed E-state index contributed by atoms with van der Waals surface area (Å²) >= 11 is 7.43. The molecule has 0 radical (unpaired) electrons. The largest absolute Gasteiger partial charge is 0.495 e. The molecule has 0 saturated carbocycles. The molecule has 0 fully saturated rings. The number of hydrogen-bond donors (Lipinski definition) is 1. The van der Waals surface area contributed by atoms with Crippen LogP contribution in [0.25, 0.3) is 0 Å². The Labute approximate surface area is 197 Å². The number of carbonyl (C=O) groups is 1. The zero-order chi connectivity index (χ0) is 23.1. The number of amides is 1. The predicted octanol–water partition coefficient (Wildman–Crippen LogP) is 4.72. The Morgan fingerprint density at radius 1 is 1.22 bits per heavy atom. The van der Waals surface area contributed by atoms with Crippen molar-refractivity contribution in [2.75, 3.05) is 13.7 Å². The van der Waals surface area contributed by atoms with Crippen molar-refractivity contribution >= 4 is 38.9 Å². The molecular weight excluding hydrogens is 468 g/mol. The highest BCUT2D eigenvalue weighted by Gasteiger charge is 2.23. The van der Waals surface area contributed by atoms with Gasteiger partial charge in [-0.05, 0) is 47.3 Å². The first-order chi connectivity index (χ1) is 15.3. The molecular formula is C23H23ClN2O4S2. The molecule has 0 unspecified atom stereocenters. The molecule has 0 spiro atoms. The second-order valence-electron chi connectivity index (χ2n) is 6.87. The van der Waals surface area contributed by atoms with Crippen molar-refractivity contribution < 1.29 is 17.9 Å². The molecule has 9 heteroatoms. The van der Waals surface area contributed by atoms with E-state index in [4.69, 9.17) is 16.3 Å². The van der Waals surface area contributed by atoms with Crippen LogP contribution in [-0.2, 0) is 23.1 Å². The molecule has 0 saturated heterocycles. The molecule has 2 aromatic carbocycles. The van der Waals surface area contributed by atoms with E-state index in [1.165, 1.54) is 19.2 Å². The van der Waals surface area contributed by atoms with E-state index < -0.39 is 10.0 Å². The van der Waals surface area contributed by atoms with Crippen molar-refractivity contribution in [2.45, 2.75) is 18.0 Å². The Morgan fingerprint density at radius 3 is 2.59 bits per heavy atom. The van der Waals surface area contributed by atoms with Gasteiger partial charge in [-0.3, -0.25) is 4.79 Å². The van der Waals surface area contributed by atoms with Gasteiger partial charge in [-0.15, -0.1) is 17.9 Å². The van der Waals surface area contributed by atoms with Crippen LogP contribution in [0.5, 0.6) is 5.75 Å². The Morgan fingerprint density at radius 2 is 1.97 bits per heavy atom. The van der Waals surface area contributed by atoms with Gasteiger partial charge in [0.05, 0.1) is 13.7 Å². The van der Waals surface area contributed by atoms with Crippen LogP contribution in [0, 0.1) is 0 Å². The first-order valence-corrected chi connectivity index (χ1v) is 12.4. The lowest BCUT2D eigenvalue weighted by Crippen LogP contribution is -2.31. The fourth-order valence-electron chi connectivity index (χ4n) is 3.03. The summed E-state index contributed by atoms with van der Waals surface area (Å²) in [6, 6.07) is 15.1. The minimum absolute atomic E-state index is 0.0712. The molecule has 0 aliphatic carbocycles. The van der Waals surface area contributed by atoms with Crippen LogP contribution in [0.1, 0.15) is 20.8 Å². The van der Waals surface area contributed by atoms with Crippen LogP contribution in [-0.4, -0.2) is 32.9 Å². The molecule has 0 aliphatic rings. The van der Waals surface area contributed by atoms with Gasteiger partial charge in [0.15, 0.2) is 0 Å². The Bertz CT molecular complexity index is 1180. The number of methoxy groups -OCH3 is 1. The maximum Gasteiger partial charge on any atom is 0.254 e. The number of ether oxygens (including phenoxy) is 1. The summed E-state index contributed by atoms with van der Waals surface area (Å²) in [5.74, 6) is -0.145. The lowest BCUT2D eigenvalue weighted by molar-refractivity contribution is 0.0764. The second-order valence-corrected chi connectivity index (χ2v) is 10.1. The van der Waals surface area contributed by atoms with E-state index in [1.54, 1.807) is 52.6 Å². The summed E-state index contributed by atoms with van der Waals surface area (Å²) in [4.78, 5) is 15.7. The fraction of sp³-hybridized carbons (Fsp3) is 0.174. The smallest absolute Gasteiger partial charge is 0.254 e. The standard InChI is InChI=1S/C23H23ClN2O4S2/c1-3-12-26(16-20-5-4-13-31-20)23(27)18-8-11-21(30-2)22(14-18)32(28,29)25-15-17-6-9-19(24)10-7-17/h3-11,13-14,25H,1,12,15-16H2,2H3. The summed E-state index contributed by atoms with van der Waals surface area (Å²) in [6.07, 6.45) is 1.64. The molecule has 1 amide bonds. The van der Waals surface area contributed by atoms with Crippen LogP contribution in [0.3, 0.4) is 0 Å². The van der Waals surface area contributed by atoms with E-state index in [2.05, 4.69) is 11.3 Å². The lowest BCUT2D eigenvalue weighted by atomic mass is 10.2. The molecule has 32 heavy (non-hydrogen) atoms. The monoisotopic (exact) mass is 490 g/mol. The van der Waals surface area contributed by atoms with Gasteiger partial charge in [-0.25, -0.2) is 13.1 Å². The van der Waals surface area contributed by atoms with Gasteiger partial charge in [-0.2, -0.15) is 0 Å². The average molecular weight is 491 g/mol. The third kappa shape index (κ3) is 5.98. The molecule has 6 nitrogen and oxygen atoms in total. The van der Waals surface area contributed by atoms with E-state index in [9.17, 15) is 13.2 Å². The van der Waals surface area contributed by atoms with Gasteiger partial charge in [0.2, 0.25) is 10.0 Å². The highest BCUT2D eigenvalue weighted by Crippen LogP contribution is 2.26. The number of hydrogen-bond acceptors (Lipinski definition) is 5. The molecule has 1 heterocycles. The molecule has 0 bridgehead atoms. The van der Waals surface area contributed by atoms with Crippen molar-refractivity contribution in [3.63, 3.8) is 0 Å². The maximum atomic E-state index is 13.2. The first-order valence-electron chi connectivity index (χ1n) is 9.68. The Balaban J connectivity index is 1.86. The Hall–Kier alpha value is -2.65. The summed E-state index contributed by atoms with van der Waals surface area (Å²) in [5.41, 5.74) is 0.994. The maximum absolute atomic E-state index is 13.2. The lowest BCUT2D eigenvalue weighted by Gasteiger charge is -2.21. The third-order valence-electron chi connectivity index (χ3n) is 4.64. The molecule has 0 atom stereocenters.